The SMILES string of the molecule is CC(C)c1n[nH]cc1C1=CSC(N)N1c1ccccn1. The summed E-state index contributed by atoms with van der Waals surface area (Å²) in [6, 6.07) is 5.84. The van der Waals surface area contributed by atoms with Crippen molar-refractivity contribution in [1.82, 2.24) is 15.2 Å². The van der Waals surface area contributed by atoms with E-state index in [1.165, 1.54) is 0 Å². The number of nitrogens with two attached hydrogens (primary N) is 1. The molecule has 2 aromatic heterocycles. The molecule has 5 nitrogen and oxygen atoms in total. The van der Waals surface area contributed by atoms with Crippen molar-refractivity contribution in [3.05, 3.63) is 47.3 Å². The van der Waals surface area contributed by atoms with E-state index in [4.69, 9.17) is 5.73 Å². The number of thioether (sulfide) groups is 1. The molecule has 1 aliphatic heterocycles. The van der Waals surface area contributed by atoms with Crippen LogP contribution in [-0.4, -0.2) is 20.7 Å². The maximum absolute atomic E-state index is 6.20. The average molecular weight is 287 g/mol. The molecule has 6 heteroatoms. The van der Waals surface area contributed by atoms with Crippen LogP contribution in [-0.2, 0) is 0 Å². The highest BCUT2D eigenvalue weighted by Crippen LogP contribution is 2.39. The Morgan fingerprint density at radius 3 is 2.95 bits per heavy atom. The van der Waals surface area contributed by atoms with Crippen LogP contribution in [0.3, 0.4) is 0 Å². The normalized spacial score (nSPS) is 18.7. The van der Waals surface area contributed by atoms with Gasteiger partial charge in [0.15, 0.2) is 0 Å². The first kappa shape index (κ1) is 13.2. The van der Waals surface area contributed by atoms with Gasteiger partial charge in [-0.3, -0.25) is 10.00 Å². The van der Waals surface area contributed by atoms with E-state index < -0.39 is 0 Å². The molecule has 0 saturated carbocycles. The van der Waals surface area contributed by atoms with E-state index in [-0.39, 0.29) is 5.50 Å². The van der Waals surface area contributed by atoms with E-state index in [9.17, 15) is 0 Å². The van der Waals surface area contributed by atoms with Gasteiger partial charge in [0.05, 0.1) is 11.4 Å². The number of rotatable bonds is 3. The van der Waals surface area contributed by atoms with Crippen molar-refractivity contribution in [2.24, 2.45) is 5.73 Å². The topological polar surface area (TPSA) is 70.8 Å². The highest BCUT2D eigenvalue weighted by Gasteiger charge is 2.29. The van der Waals surface area contributed by atoms with E-state index in [1.807, 2.05) is 29.3 Å². The molecule has 1 atom stereocenters. The van der Waals surface area contributed by atoms with Crippen molar-refractivity contribution in [2.75, 3.05) is 4.90 Å². The standard InChI is InChI=1S/C14H17N5S/c1-9(2)13-10(7-17-18-13)11-8-20-14(15)19(11)12-5-3-4-6-16-12/h3-9,14H,15H2,1-2H3,(H,17,18). The first-order valence-corrected chi connectivity index (χ1v) is 7.48. The molecule has 20 heavy (non-hydrogen) atoms. The van der Waals surface area contributed by atoms with Gasteiger partial charge >= 0.3 is 0 Å². The fourth-order valence-corrected chi connectivity index (χ4v) is 3.13. The van der Waals surface area contributed by atoms with Crippen LogP contribution < -0.4 is 10.6 Å². The van der Waals surface area contributed by atoms with Gasteiger partial charge in [-0.1, -0.05) is 31.7 Å². The molecule has 0 amide bonds. The molecular weight excluding hydrogens is 270 g/mol. The third-order valence-electron chi connectivity index (χ3n) is 3.22. The second-order valence-electron chi connectivity index (χ2n) is 4.93. The summed E-state index contributed by atoms with van der Waals surface area (Å²) >= 11 is 1.59. The van der Waals surface area contributed by atoms with Crippen LogP contribution in [0, 0.1) is 0 Å². The van der Waals surface area contributed by atoms with Crippen LogP contribution in [0.25, 0.3) is 5.70 Å². The lowest BCUT2D eigenvalue weighted by Gasteiger charge is -2.25. The lowest BCUT2D eigenvalue weighted by atomic mass is 10.0. The van der Waals surface area contributed by atoms with Crippen molar-refractivity contribution in [1.29, 1.82) is 0 Å². The van der Waals surface area contributed by atoms with Crippen molar-refractivity contribution < 1.29 is 0 Å². The predicted octanol–water partition coefficient (Wildman–Crippen LogP) is 2.72. The Hall–Kier alpha value is -1.79. The average Bonchev–Trinajstić information content (AvgIpc) is 3.05. The summed E-state index contributed by atoms with van der Waals surface area (Å²) < 4.78 is 0. The molecule has 0 aromatic carbocycles. The third kappa shape index (κ3) is 2.21. The van der Waals surface area contributed by atoms with Crippen molar-refractivity contribution >= 4 is 23.3 Å². The van der Waals surface area contributed by atoms with E-state index >= 15 is 0 Å². The van der Waals surface area contributed by atoms with E-state index in [2.05, 4.69) is 34.4 Å². The number of aromatic nitrogens is 3. The Balaban J connectivity index is 2.02. The number of nitrogens with one attached hydrogen (secondary N) is 1. The smallest absolute Gasteiger partial charge is 0.135 e. The molecule has 1 unspecified atom stereocenters. The van der Waals surface area contributed by atoms with Crippen LogP contribution in [0.2, 0.25) is 0 Å². The van der Waals surface area contributed by atoms with Crippen LogP contribution in [0.5, 0.6) is 0 Å². The zero-order valence-electron chi connectivity index (χ0n) is 11.4. The Kier molecular flexibility index (Phi) is 3.50. The van der Waals surface area contributed by atoms with Crippen molar-refractivity contribution in [3.8, 4) is 0 Å². The fourth-order valence-electron chi connectivity index (χ4n) is 2.28. The van der Waals surface area contributed by atoms with Gasteiger partial charge in [-0.2, -0.15) is 5.10 Å². The van der Waals surface area contributed by atoms with Crippen molar-refractivity contribution in [3.63, 3.8) is 0 Å². The van der Waals surface area contributed by atoms with Crippen LogP contribution in [0.15, 0.2) is 36.0 Å². The molecule has 3 heterocycles. The minimum absolute atomic E-state index is 0.158. The molecule has 1 aliphatic rings. The molecule has 3 rings (SSSR count). The number of hydrogen-bond donors (Lipinski definition) is 2. The summed E-state index contributed by atoms with van der Waals surface area (Å²) in [4.78, 5) is 6.45. The van der Waals surface area contributed by atoms with Gasteiger partial charge in [-0.15, -0.1) is 0 Å². The number of aromatic amines is 1. The Labute approximate surface area is 122 Å². The second-order valence-corrected chi connectivity index (χ2v) is 5.92. The Bertz CT molecular complexity index is 620. The van der Waals surface area contributed by atoms with E-state index in [0.29, 0.717) is 5.92 Å². The molecule has 0 spiro atoms. The van der Waals surface area contributed by atoms with Gasteiger partial charge in [0.1, 0.15) is 11.3 Å². The highest BCUT2D eigenvalue weighted by atomic mass is 32.2. The molecule has 0 radical (unpaired) electrons. The van der Waals surface area contributed by atoms with E-state index in [1.54, 1.807) is 18.0 Å². The quantitative estimate of drug-likeness (QED) is 0.908. The van der Waals surface area contributed by atoms with Gasteiger partial charge in [-0.05, 0) is 23.5 Å². The molecule has 104 valence electrons. The third-order valence-corrected chi connectivity index (χ3v) is 4.07. The van der Waals surface area contributed by atoms with Gasteiger partial charge in [0.25, 0.3) is 0 Å². The van der Waals surface area contributed by atoms with E-state index in [0.717, 1.165) is 22.8 Å². The van der Waals surface area contributed by atoms with Gasteiger partial charge < -0.3 is 5.73 Å². The van der Waals surface area contributed by atoms with Crippen LogP contribution in [0.1, 0.15) is 31.0 Å². The summed E-state index contributed by atoms with van der Waals surface area (Å²) in [6.07, 6.45) is 3.71. The Morgan fingerprint density at radius 2 is 2.25 bits per heavy atom. The Morgan fingerprint density at radius 1 is 1.40 bits per heavy atom. The predicted molar refractivity (Wildman–Crippen MR) is 82.9 cm³/mol. The van der Waals surface area contributed by atoms with Gasteiger partial charge in [0.2, 0.25) is 0 Å². The summed E-state index contributed by atoms with van der Waals surface area (Å²) in [5.41, 5.74) is 9.23. The molecule has 2 aromatic rings. The van der Waals surface area contributed by atoms with Crippen LogP contribution in [0.4, 0.5) is 5.82 Å². The molecule has 0 aliphatic carbocycles. The fraction of sp³-hybridized carbons (Fsp3) is 0.286. The number of nitrogens with zero attached hydrogens (tertiary/aromatic N) is 3. The number of hydrogen-bond acceptors (Lipinski definition) is 5. The van der Waals surface area contributed by atoms with Crippen LogP contribution >= 0.6 is 11.8 Å². The molecule has 0 bridgehead atoms. The first-order chi connectivity index (χ1) is 9.68. The number of pyridine rings is 1. The van der Waals surface area contributed by atoms with Gasteiger partial charge in [-0.25, -0.2) is 4.98 Å². The van der Waals surface area contributed by atoms with Gasteiger partial charge in [0, 0.05) is 18.0 Å². The summed E-state index contributed by atoms with van der Waals surface area (Å²) in [5.74, 6) is 1.21. The maximum atomic E-state index is 6.20. The molecular formula is C14H17N5S. The maximum Gasteiger partial charge on any atom is 0.135 e. The number of anilines is 1. The lowest BCUT2D eigenvalue weighted by Crippen LogP contribution is -2.35. The van der Waals surface area contributed by atoms with Crippen molar-refractivity contribution in [2.45, 2.75) is 25.3 Å². The minimum atomic E-state index is -0.158. The lowest BCUT2D eigenvalue weighted by molar-refractivity contribution is 0.805. The molecule has 0 saturated heterocycles. The second kappa shape index (κ2) is 5.30. The largest absolute Gasteiger partial charge is 0.302 e. The summed E-state index contributed by atoms with van der Waals surface area (Å²) in [7, 11) is 0. The molecule has 0 fully saturated rings. The monoisotopic (exact) mass is 287 g/mol. The summed E-state index contributed by atoms with van der Waals surface area (Å²) in [6.45, 7) is 4.26. The number of H-pyrrole nitrogens is 1. The summed E-state index contributed by atoms with van der Waals surface area (Å²) in [5, 5.41) is 9.39. The molecule has 3 N–H and O–H groups in total. The zero-order valence-corrected chi connectivity index (χ0v) is 12.3. The first-order valence-electron chi connectivity index (χ1n) is 6.54. The minimum Gasteiger partial charge on any atom is -0.302 e. The highest BCUT2D eigenvalue weighted by molar-refractivity contribution is 8.03. The zero-order chi connectivity index (χ0) is 14.1.